The molecule has 0 saturated carbocycles. The van der Waals surface area contributed by atoms with Gasteiger partial charge in [0, 0.05) is 69.3 Å². The van der Waals surface area contributed by atoms with Gasteiger partial charge < -0.3 is 30.6 Å². The van der Waals surface area contributed by atoms with Gasteiger partial charge in [-0.1, -0.05) is 12.6 Å². The number of hydrogen-bond acceptors (Lipinski definition) is 10. The molecule has 0 aliphatic carbocycles. The lowest BCUT2D eigenvalue weighted by molar-refractivity contribution is -0.128. The first-order valence-corrected chi connectivity index (χ1v) is 12.0. The molecule has 202 valence electrons. The Morgan fingerprint density at radius 1 is 1.18 bits per heavy atom. The fourth-order valence-electron chi connectivity index (χ4n) is 3.89. The SMILES string of the molecule is C=C(F)C(=O)N1CCN(c2nc(N/C(C=N)=C/NC)ncc2-c2ccc(Oc3nccc(C)n3)c(F)c2)CC1. The maximum atomic E-state index is 15.1. The second-order valence-corrected chi connectivity index (χ2v) is 8.50. The highest BCUT2D eigenvalue weighted by Gasteiger charge is 2.26. The third-order valence-corrected chi connectivity index (χ3v) is 5.80. The van der Waals surface area contributed by atoms with Crippen molar-refractivity contribution in [2.45, 2.75) is 6.92 Å². The minimum absolute atomic E-state index is 0.0288. The van der Waals surface area contributed by atoms with Crippen molar-refractivity contribution in [2.24, 2.45) is 0 Å². The summed E-state index contributed by atoms with van der Waals surface area (Å²) >= 11 is 0. The van der Waals surface area contributed by atoms with E-state index in [1.807, 2.05) is 4.90 Å². The van der Waals surface area contributed by atoms with Gasteiger partial charge in [0.2, 0.25) is 5.95 Å². The number of halogens is 2. The molecule has 0 atom stereocenters. The van der Waals surface area contributed by atoms with Gasteiger partial charge in [0.25, 0.3) is 5.91 Å². The van der Waals surface area contributed by atoms with Crippen molar-refractivity contribution >= 4 is 23.9 Å². The molecule has 13 heteroatoms. The smallest absolute Gasteiger partial charge is 0.322 e. The van der Waals surface area contributed by atoms with Crippen molar-refractivity contribution in [3.63, 3.8) is 0 Å². The number of rotatable bonds is 9. The van der Waals surface area contributed by atoms with E-state index in [-0.39, 0.29) is 30.8 Å². The number of aryl methyl sites for hydroxylation is 1. The number of aromatic nitrogens is 4. The maximum absolute atomic E-state index is 15.1. The Hall–Kier alpha value is -4.94. The average molecular weight is 536 g/mol. The summed E-state index contributed by atoms with van der Waals surface area (Å²) in [6, 6.07) is 6.17. The van der Waals surface area contributed by atoms with E-state index in [9.17, 15) is 9.18 Å². The van der Waals surface area contributed by atoms with Crippen LogP contribution in [-0.4, -0.2) is 70.2 Å². The molecule has 1 aliphatic heterocycles. The Morgan fingerprint density at radius 3 is 2.59 bits per heavy atom. The molecular weight excluding hydrogens is 508 g/mol. The largest absolute Gasteiger partial charge is 0.421 e. The number of carbonyl (C=O) groups is 1. The van der Waals surface area contributed by atoms with Crippen LogP contribution in [0, 0.1) is 18.2 Å². The molecule has 1 saturated heterocycles. The summed E-state index contributed by atoms with van der Waals surface area (Å²) < 4.78 is 34.0. The Balaban J connectivity index is 1.66. The van der Waals surface area contributed by atoms with E-state index in [1.165, 1.54) is 23.2 Å². The van der Waals surface area contributed by atoms with Crippen LogP contribution >= 0.6 is 0 Å². The molecule has 1 aliphatic rings. The number of hydrogen-bond donors (Lipinski definition) is 3. The van der Waals surface area contributed by atoms with Crippen molar-refractivity contribution in [1.29, 1.82) is 5.41 Å². The molecule has 1 aromatic carbocycles. The number of ether oxygens (including phenoxy) is 1. The predicted molar refractivity (Wildman–Crippen MR) is 143 cm³/mol. The molecule has 1 fully saturated rings. The molecule has 0 unspecified atom stereocenters. The first-order chi connectivity index (χ1) is 18.8. The number of nitrogens with one attached hydrogen (secondary N) is 3. The monoisotopic (exact) mass is 535 g/mol. The van der Waals surface area contributed by atoms with Crippen LogP contribution < -0.4 is 20.3 Å². The number of anilines is 2. The normalized spacial score (nSPS) is 13.6. The Morgan fingerprint density at radius 2 is 1.95 bits per heavy atom. The molecule has 3 heterocycles. The zero-order valence-corrected chi connectivity index (χ0v) is 21.4. The van der Waals surface area contributed by atoms with Gasteiger partial charge in [-0.15, -0.1) is 0 Å². The first kappa shape index (κ1) is 27.1. The molecule has 39 heavy (non-hydrogen) atoms. The standard InChI is InChI=1S/C26H27F2N9O2/c1-16-6-7-31-26(33-16)39-22-5-4-18(12-21(22)28)20-15-32-25(34-19(13-29)14-30-3)35-23(20)36-8-10-37(11-9-36)24(38)17(2)27/h4-7,12-15,29-30H,2,8-11H2,1,3H3,(H,32,34,35)/b19-14+,29-13?. The highest BCUT2D eigenvalue weighted by Crippen LogP contribution is 2.34. The van der Waals surface area contributed by atoms with E-state index >= 15 is 4.39 Å². The molecule has 0 radical (unpaired) electrons. The van der Waals surface area contributed by atoms with Crippen molar-refractivity contribution < 1.29 is 18.3 Å². The molecule has 3 aromatic rings. The van der Waals surface area contributed by atoms with Gasteiger partial charge in [0.05, 0.1) is 5.70 Å². The lowest BCUT2D eigenvalue weighted by atomic mass is 10.1. The van der Waals surface area contributed by atoms with Gasteiger partial charge in [-0.3, -0.25) is 4.79 Å². The topological polar surface area (TPSA) is 132 Å². The molecule has 2 aromatic heterocycles. The van der Waals surface area contributed by atoms with E-state index in [0.717, 1.165) is 6.21 Å². The number of piperazine rings is 1. The maximum Gasteiger partial charge on any atom is 0.322 e. The van der Waals surface area contributed by atoms with Crippen molar-refractivity contribution in [3.8, 4) is 22.9 Å². The summed E-state index contributed by atoms with van der Waals surface area (Å²) in [4.78, 5) is 32.4. The lowest BCUT2D eigenvalue weighted by Gasteiger charge is -2.36. The van der Waals surface area contributed by atoms with Crippen LogP contribution in [0.15, 0.2) is 61.0 Å². The van der Waals surface area contributed by atoms with Crippen molar-refractivity contribution in [3.05, 3.63) is 72.5 Å². The lowest BCUT2D eigenvalue weighted by Crippen LogP contribution is -2.49. The average Bonchev–Trinajstić information content (AvgIpc) is 2.93. The van der Waals surface area contributed by atoms with Crippen molar-refractivity contribution in [2.75, 3.05) is 43.4 Å². The van der Waals surface area contributed by atoms with E-state index in [0.29, 0.717) is 41.4 Å². The summed E-state index contributed by atoms with van der Waals surface area (Å²) in [5.74, 6) is -1.75. The summed E-state index contributed by atoms with van der Waals surface area (Å²) in [6.45, 7) is 6.05. The van der Waals surface area contributed by atoms with Crippen LogP contribution in [0.3, 0.4) is 0 Å². The van der Waals surface area contributed by atoms with Gasteiger partial charge >= 0.3 is 6.01 Å². The van der Waals surface area contributed by atoms with Gasteiger partial charge in [0.1, 0.15) is 5.82 Å². The van der Waals surface area contributed by atoms with E-state index < -0.39 is 17.6 Å². The quantitative estimate of drug-likeness (QED) is 0.278. The number of benzene rings is 1. The molecular formula is C26H27F2N9O2. The predicted octanol–water partition coefficient (Wildman–Crippen LogP) is 3.43. The molecule has 0 bridgehead atoms. The summed E-state index contributed by atoms with van der Waals surface area (Å²) in [7, 11) is 1.69. The first-order valence-electron chi connectivity index (χ1n) is 12.0. The molecule has 11 nitrogen and oxygen atoms in total. The van der Waals surface area contributed by atoms with Gasteiger partial charge in [0.15, 0.2) is 17.4 Å². The van der Waals surface area contributed by atoms with Crippen LogP contribution in [-0.2, 0) is 4.79 Å². The Labute approximate surface area is 223 Å². The Kier molecular flexibility index (Phi) is 8.39. The zero-order chi connectivity index (χ0) is 27.9. The number of allylic oxidation sites excluding steroid dienone is 1. The van der Waals surface area contributed by atoms with Crippen molar-refractivity contribution in [1.82, 2.24) is 30.2 Å². The molecule has 3 N–H and O–H groups in total. The van der Waals surface area contributed by atoms with Crippen LogP contribution in [0.4, 0.5) is 20.5 Å². The highest BCUT2D eigenvalue weighted by molar-refractivity contribution is 5.90. The van der Waals surface area contributed by atoms with Gasteiger partial charge in [-0.25, -0.2) is 23.7 Å². The summed E-state index contributed by atoms with van der Waals surface area (Å²) in [6.07, 6.45) is 5.75. The highest BCUT2D eigenvalue weighted by atomic mass is 19.1. The summed E-state index contributed by atoms with van der Waals surface area (Å²) in [5.41, 5.74) is 2.11. The zero-order valence-electron chi connectivity index (χ0n) is 21.4. The summed E-state index contributed by atoms with van der Waals surface area (Å²) in [5, 5.41) is 13.4. The fraction of sp³-hybridized carbons (Fsp3) is 0.231. The third-order valence-electron chi connectivity index (χ3n) is 5.80. The second-order valence-electron chi connectivity index (χ2n) is 8.50. The molecule has 0 spiro atoms. The number of carbonyl (C=O) groups excluding carboxylic acids is 1. The molecule has 1 amide bonds. The van der Waals surface area contributed by atoms with Crippen LogP contribution in [0.5, 0.6) is 11.8 Å². The van der Waals surface area contributed by atoms with Gasteiger partial charge in [-0.2, -0.15) is 4.98 Å². The third kappa shape index (κ3) is 6.50. The van der Waals surface area contributed by atoms with Crippen LogP contribution in [0.2, 0.25) is 0 Å². The Bertz CT molecular complexity index is 1420. The number of amides is 1. The van der Waals surface area contributed by atoms with Crippen LogP contribution in [0.1, 0.15) is 5.69 Å². The van der Waals surface area contributed by atoms with E-state index in [4.69, 9.17) is 10.1 Å². The second kappa shape index (κ2) is 12.1. The van der Waals surface area contributed by atoms with Gasteiger partial charge in [-0.05, 0) is 30.7 Å². The number of nitrogens with zero attached hydrogens (tertiary/aromatic N) is 6. The van der Waals surface area contributed by atoms with E-state index in [2.05, 4.69) is 37.1 Å². The minimum Gasteiger partial charge on any atom is -0.421 e. The van der Waals surface area contributed by atoms with E-state index in [1.54, 1.807) is 38.5 Å². The molecule has 4 rings (SSSR count). The fourth-order valence-corrected chi connectivity index (χ4v) is 3.89. The van der Waals surface area contributed by atoms with Crippen LogP contribution in [0.25, 0.3) is 11.1 Å². The minimum atomic E-state index is -1.01.